The van der Waals surface area contributed by atoms with Gasteiger partial charge in [-0.05, 0) is 41.5 Å². The molecule has 0 aromatic heterocycles. The molecular formula is C12H20F3N3O6S. The van der Waals surface area contributed by atoms with E-state index >= 15 is 0 Å². The van der Waals surface area contributed by atoms with Crippen LogP contribution in [0.25, 0.3) is 0 Å². The van der Waals surface area contributed by atoms with Gasteiger partial charge in [0.25, 0.3) is 0 Å². The zero-order valence-corrected chi connectivity index (χ0v) is 15.3. The number of hydrogen-bond donors (Lipinski definition) is 1. The number of carbonyl (C=O) groups is 2. The number of hydrogen-bond acceptors (Lipinski definition) is 6. The molecule has 0 aliphatic rings. The molecule has 0 aliphatic carbocycles. The maximum atomic E-state index is 12.3. The van der Waals surface area contributed by atoms with E-state index in [-0.39, 0.29) is 11.3 Å². The molecule has 0 aliphatic heterocycles. The van der Waals surface area contributed by atoms with E-state index in [1.165, 1.54) is 41.5 Å². The van der Waals surface area contributed by atoms with Crippen molar-refractivity contribution >= 4 is 28.5 Å². The van der Waals surface area contributed by atoms with Crippen LogP contribution in [0.3, 0.4) is 0 Å². The van der Waals surface area contributed by atoms with Crippen LogP contribution in [0.4, 0.5) is 22.8 Å². The summed E-state index contributed by atoms with van der Waals surface area (Å²) in [7, 11) is -5.91. The molecule has 0 unspecified atom stereocenters. The molecule has 0 saturated heterocycles. The Hall–Kier alpha value is -2.05. The molecule has 0 bridgehead atoms. The van der Waals surface area contributed by atoms with Crippen LogP contribution in [0.2, 0.25) is 0 Å². The number of halogens is 3. The van der Waals surface area contributed by atoms with Gasteiger partial charge < -0.3 is 9.47 Å². The van der Waals surface area contributed by atoms with E-state index in [0.29, 0.717) is 0 Å². The van der Waals surface area contributed by atoms with Crippen LogP contribution in [-0.2, 0) is 19.5 Å². The number of carbonyl (C=O) groups excluding carboxylic acids is 2. The summed E-state index contributed by atoms with van der Waals surface area (Å²) in [4.78, 5) is 23.5. The van der Waals surface area contributed by atoms with Crippen LogP contribution in [0.5, 0.6) is 0 Å². The van der Waals surface area contributed by atoms with Gasteiger partial charge in [0.05, 0.1) is 0 Å². The molecule has 0 rings (SSSR count). The summed E-state index contributed by atoms with van der Waals surface area (Å²) in [6.45, 7) is 8.81. The largest absolute Gasteiger partial charge is 0.518 e. The van der Waals surface area contributed by atoms with E-state index in [0.717, 1.165) is 0 Å². The van der Waals surface area contributed by atoms with E-state index in [1.54, 1.807) is 5.43 Å². The van der Waals surface area contributed by atoms with Gasteiger partial charge in [0.15, 0.2) is 0 Å². The number of hydrazine groups is 1. The van der Waals surface area contributed by atoms with Gasteiger partial charge >= 0.3 is 27.7 Å². The number of nitrogens with one attached hydrogen (secondary N) is 1. The molecule has 0 fully saturated rings. The first kappa shape index (κ1) is 22.9. The van der Waals surface area contributed by atoms with Crippen molar-refractivity contribution in [3.8, 4) is 0 Å². The van der Waals surface area contributed by atoms with E-state index in [1.807, 2.05) is 0 Å². The quantitative estimate of drug-likeness (QED) is 0.439. The fourth-order valence-electron chi connectivity index (χ4n) is 1.00. The first-order valence-corrected chi connectivity index (χ1v) is 8.17. The third-order valence-electron chi connectivity index (χ3n) is 1.79. The molecule has 0 spiro atoms. The van der Waals surface area contributed by atoms with Gasteiger partial charge in [-0.15, -0.1) is 4.40 Å². The molecule has 0 heterocycles. The molecular weight excluding hydrogens is 371 g/mol. The van der Waals surface area contributed by atoms with Crippen LogP contribution in [0.15, 0.2) is 4.40 Å². The van der Waals surface area contributed by atoms with Gasteiger partial charge in [-0.3, -0.25) is 0 Å². The standard InChI is InChI=1S/C12H20F3N3O6S/c1-10(2,3)23-8(19)17-18(9(20)24-11(4,5)6)7-16-25(21,22)12(13,14)15/h7H,1-6H3,(H,17,19)/b16-7+. The monoisotopic (exact) mass is 391 g/mol. The number of nitrogens with zero attached hydrogens (tertiary/aromatic N) is 2. The van der Waals surface area contributed by atoms with E-state index in [2.05, 4.69) is 4.40 Å². The zero-order valence-electron chi connectivity index (χ0n) is 14.5. The average Bonchev–Trinajstić information content (AvgIpc) is 2.28. The predicted molar refractivity (Wildman–Crippen MR) is 80.9 cm³/mol. The topological polar surface area (TPSA) is 114 Å². The van der Waals surface area contributed by atoms with Gasteiger partial charge in [0.2, 0.25) is 0 Å². The molecule has 146 valence electrons. The van der Waals surface area contributed by atoms with Gasteiger partial charge in [0.1, 0.15) is 17.5 Å². The number of amides is 2. The Morgan fingerprint density at radius 1 is 1.00 bits per heavy atom. The van der Waals surface area contributed by atoms with Crippen molar-refractivity contribution in [1.82, 2.24) is 10.4 Å². The molecule has 1 N–H and O–H groups in total. The Morgan fingerprint density at radius 3 is 1.80 bits per heavy atom. The first-order chi connectivity index (χ1) is 10.8. The van der Waals surface area contributed by atoms with E-state index < -0.39 is 38.9 Å². The van der Waals surface area contributed by atoms with Crippen LogP contribution in [0.1, 0.15) is 41.5 Å². The molecule has 0 saturated carbocycles. The fourth-order valence-corrected chi connectivity index (χ4v) is 1.34. The average molecular weight is 391 g/mol. The van der Waals surface area contributed by atoms with Gasteiger partial charge in [-0.2, -0.15) is 26.6 Å². The Morgan fingerprint density at radius 2 is 1.44 bits per heavy atom. The first-order valence-electron chi connectivity index (χ1n) is 6.73. The minimum atomic E-state index is -5.91. The van der Waals surface area contributed by atoms with E-state index in [4.69, 9.17) is 9.47 Å². The molecule has 13 heteroatoms. The van der Waals surface area contributed by atoms with Crippen molar-refractivity contribution in [2.45, 2.75) is 58.3 Å². The zero-order chi connectivity index (χ0) is 20.3. The van der Waals surface area contributed by atoms with Crippen molar-refractivity contribution in [2.75, 3.05) is 0 Å². The van der Waals surface area contributed by atoms with Crippen LogP contribution in [0, 0.1) is 0 Å². The lowest BCUT2D eigenvalue weighted by Gasteiger charge is -2.26. The van der Waals surface area contributed by atoms with E-state index in [9.17, 15) is 31.2 Å². The molecule has 25 heavy (non-hydrogen) atoms. The second kappa shape index (κ2) is 7.45. The molecule has 0 atom stereocenters. The normalized spacial score (nSPS) is 13.5. The Bertz CT molecular complexity index is 632. The van der Waals surface area contributed by atoms with Crippen molar-refractivity contribution in [2.24, 2.45) is 4.40 Å². The molecule has 0 radical (unpaired) electrons. The fraction of sp³-hybridized carbons (Fsp3) is 0.750. The Balaban J connectivity index is 5.48. The van der Waals surface area contributed by atoms with Crippen molar-refractivity contribution in [3.63, 3.8) is 0 Å². The third-order valence-corrected chi connectivity index (χ3v) is 2.75. The maximum Gasteiger partial charge on any atom is 0.518 e. The van der Waals surface area contributed by atoms with Crippen molar-refractivity contribution in [3.05, 3.63) is 0 Å². The summed E-state index contributed by atoms with van der Waals surface area (Å²) >= 11 is 0. The SMILES string of the molecule is CC(C)(C)OC(=O)NN(/C=N/S(=O)(=O)C(F)(F)F)C(=O)OC(C)(C)C. The Kier molecular flexibility index (Phi) is 6.84. The summed E-state index contributed by atoms with van der Waals surface area (Å²) in [6, 6.07) is 0. The van der Waals surface area contributed by atoms with Crippen molar-refractivity contribution < 1.29 is 40.7 Å². The van der Waals surface area contributed by atoms with Crippen LogP contribution in [-0.4, -0.2) is 48.7 Å². The summed E-state index contributed by atoms with van der Waals surface area (Å²) in [6.07, 6.45) is -2.66. The van der Waals surface area contributed by atoms with Gasteiger partial charge in [-0.25, -0.2) is 15.0 Å². The minimum absolute atomic E-state index is 0.0304. The molecule has 9 nitrogen and oxygen atoms in total. The third kappa shape index (κ3) is 9.12. The van der Waals surface area contributed by atoms with Gasteiger partial charge in [0, 0.05) is 0 Å². The highest BCUT2D eigenvalue weighted by molar-refractivity contribution is 7.91. The smallest absolute Gasteiger partial charge is 0.443 e. The summed E-state index contributed by atoms with van der Waals surface area (Å²) in [5.74, 6) is 0. The van der Waals surface area contributed by atoms with Gasteiger partial charge in [-0.1, -0.05) is 0 Å². The molecule has 0 aromatic carbocycles. The minimum Gasteiger partial charge on any atom is -0.443 e. The number of alkyl halides is 3. The summed E-state index contributed by atoms with van der Waals surface area (Å²) in [5, 5.41) is 0.0304. The highest BCUT2D eigenvalue weighted by Gasteiger charge is 2.46. The lowest BCUT2D eigenvalue weighted by molar-refractivity contribution is -0.0435. The maximum absolute atomic E-state index is 12.3. The Labute approximate surface area is 143 Å². The lowest BCUT2D eigenvalue weighted by atomic mass is 10.2. The van der Waals surface area contributed by atoms with Crippen LogP contribution >= 0.6 is 0 Å². The number of sulfonamides is 1. The second-order valence-corrected chi connectivity index (χ2v) is 8.23. The van der Waals surface area contributed by atoms with Crippen molar-refractivity contribution in [1.29, 1.82) is 0 Å². The highest BCUT2D eigenvalue weighted by atomic mass is 32.2. The predicted octanol–water partition coefficient (Wildman–Crippen LogP) is 2.54. The molecule has 0 aromatic rings. The summed E-state index contributed by atoms with van der Waals surface area (Å²) < 4.78 is 70.7. The lowest BCUT2D eigenvalue weighted by Crippen LogP contribution is -2.49. The number of ether oxygens (including phenoxy) is 2. The summed E-state index contributed by atoms with van der Waals surface area (Å²) in [5.41, 5.74) is -6.00. The van der Waals surface area contributed by atoms with Crippen LogP contribution < -0.4 is 5.43 Å². The number of rotatable bonds is 2. The highest BCUT2D eigenvalue weighted by Crippen LogP contribution is 2.24. The molecule has 2 amide bonds. The second-order valence-electron chi connectivity index (χ2n) is 6.61.